The van der Waals surface area contributed by atoms with Crippen LogP contribution in [0.4, 0.5) is 11.4 Å². The molecule has 0 fully saturated rings. The second-order valence-electron chi connectivity index (χ2n) is 5.07. The number of H-pyrrole nitrogens is 1. The zero-order chi connectivity index (χ0) is 16.4. The van der Waals surface area contributed by atoms with Crippen molar-refractivity contribution >= 4 is 28.2 Å². The number of aromatic nitrogens is 1. The number of fused-ring (bicyclic) bond motifs is 1. The number of hydrogen-bond donors (Lipinski definition) is 3. The molecule has 3 aromatic rings. The standard InChI is InChI=1S/C17H15N3O3/c1-2-10-4-3-5-13-14(10)18-16(21)15(13)20-19-12-8-6-11(7-9-12)17(22)23/h3-9,18,21H,2H2,1H3,(H,22,23). The van der Waals surface area contributed by atoms with Gasteiger partial charge in [0.15, 0.2) is 5.69 Å². The number of azo groups is 1. The molecule has 0 saturated heterocycles. The first-order valence-corrected chi connectivity index (χ1v) is 7.17. The number of nitrogens with one attached hydrogen (secondary N) is 1. The van der Waals surface area contributed by atoms with Crippen molar-refractivity contribution in [2.45, 2.75) is 13.3 Å². The highest BCUT2D eigenvalue weighted by Crippen LogP contribution is 2.37. The summed E-state index contributed by atoms with van der Waals surface area (Å²) in [7, 11) is 0. The summed E-state index contributed by atoms with van der Waals surface area (Å²) in [5, 5.41) is 27.9. The van der Waals surface area contributed by atoms with Gasteiger partial charge in [0.05, 0.1) is 16.8 Å². The number of nitrogens with zero attached hydrogens (tertiary/aromatic N) is 2. The monoisotopic (exact) mass is 309 g/mol. The number of aromatic amines is 1. The second kappa shape index (κ2) is 5.92. The molecule has 0 unspecified atom stereocenters. The molecule has 116 valence electrons. The van der Waals surface area contributed by atoms with Crippen LogP contribution in [0.25, 0.3) is 10.9 Å². The zero-order valence-electron chi connectivity index (χ0n) is 12.4. The summed E-state index contributed by atoms with van der Waals surface area (Å²) in [6.07, 6.45) is 0.838. The molecule has 0 bridgehead atoms. The number of aromatic carboxylic acids is 1. The van der Waals surface area contributed by atoms with Crippen molar-refractivity contribution < 1.29 is 15.0 Å². The van der Waals surface area contributed by atoms with Gasteiger partial charge in [-0.05, 0) is 36.2 Å². The number of benzene rings is 2. The molecule has 2 aromatic carbocycles. The molecule has 0 spiro atoms. The van der Waals surface area contributed by atoms with Crippen molar-refractivity contribution in [2.24, 2.45) is 10.2 Å². The van der Waals surface area contributed by atoms with Crippen LogP contribution in [0.2, 0.25) is 0 Å². The molecule has 6 heteroatoms. The topological polar surface area (TPSA) is 98.0 Å². The molecule has 1 aromatic heterocycles. The molecule has 1 heterocycles. The van der Waals surface area contributed by atoms with E-state index in [9.17, 15) is 9.90 Å². The summed E-state index contributed by atoms with van der Waals surface area (Å²) >= 11 is 0. The number of carbonyl (C=O) groups is 1. The van der Waals surface area contributed by atoms with Gasteiger partial charge >= 0.3 is 5.97 Å². The zero-order valence-corrected chi connectivity index (χ0v) is 12.4. The van der Waals surface area contributed by atoms with Gasteiger partial charge in [-0.15, -0.1) is 5.11 Å². The molecule has 3 rings (SSSR count). The highest BCUT2D eigenvalue weighted by Gasteiger charge is 2.12. The van der Waals surface area contributed by atoms with Crippen LogP contribution in [0, 0.1) is 0 Å². The molecule has 0 aliphatic heterocycles. The van der Waals surface area contributed by atoms with Crippen molar-refractivity contribution in [3.8, 4) is 5.88 Å². The van der Waals surface area contributed by atoms with E-state index in [1.165, 1.54) is 12.1 Å². The predicted octanol–water partition coefficient (Wildman–Crippen LogP) is 4.55. The van der Waals surface area contributed by atoms with Crippen LogP contribution in [0.1, 0.15) is 22.8 Å². The van der Waals surface area contributed by atoms with Crippen molar-refractivity contribution in [3.63, 3.8) is 0 Å². The van der Waals surface area contributed by atoms with Gasteiger partial charge in [-0.1, -0.05) is 25.1 Å². The molecular weight excluding hydrogens is 294 g/mol. The van der Waals surface area contributed by atoms with Gasteiger partial charge in [0.25, 0.3) is 0 Å². The predicted molar refractivity (Wildman–Crippen MR) is 86.9 cm³/mol. The number of hydrogen-bond acceptors (Lipinski definition) is 4. The Labute approximate surface area is 132 Å². The number of aromatic hydroxyl groups is 1. The lowest BCUT2D eigenvalue weighted by molar-refractivity contribution is 0.0697. The summed E-state index contributed by atoms with van der Waals surface area (Å²) in [5.74, 6) is -1.03. The van der Waals surface area contributed by atoms with E-state index in [-0.39, 0.29) is 11.4 Å². The first-order valence-electron chi connectivity index (χ1n) is 7.17. The minimum absolute atomic E-state index is 0.0354. The van der Waals surface area contributed by atoms with E-state index in [0.717, 1.165) is 22.9 Å². The number of para-hydroxylation sites is 1. The summed E-state index contributed by atoms with van der Waals surface area (Å²) in [4.78, 5) is 13.7. The molecule has 0 atom stereocenters. The van der Waals surface area contributed by atoms with Crippen molar-refractivity contribution in [1.82, 2.24) is 4.98 Å². The van der Waals surface area contributed by atoms with Crippen LogP contribution in [-0.4, -0.2) is 21.2 Å². The van der Waals surface area contributed by atoms with Gasteiger partial charge in [0, 0.05) is 5.39 Å². The maximum atomic E-state index is 10.8. The van der Waals surface area contributed by atoms with Crippen LogP contribution in [0.5, 0.6) is 5.88 Å². The van der Waals surface area contributed by atoms with E-state index in [1.807, 2.05) is 25.1 Å². The van der Waals surface area contributed by atoms with Gasteiger partial charge in [-0.3, -0.25) is 0 Å². The molecular formula is C17H15N3O3. The Morgan fingerprint density at radius 3 is 2.52 bits per heavy atom. The lowest BCUT2D eigenvalue weighted by Crippen LogP contribution is -1.93. The van der Waals surface area contributed by atoms with Gasteiger partial charge < -0.3 is 15.2 Å². The van der Waals surface area contributed by atoms with E-state index >= 15 is 0 Å². The first-order chi connectivity index (χ1) is 11.1. The summed E-state index contributed by atoms with van der Waals surface area (Å²) in [6.45, 7) is 2.04. The van der Waals surface area contributed by atoms with Gasteiger partial charge in [-0.2, -0.15) is 5.11 Å². The second-order valence-corrected chi connectivity index (χ2v) is 5.07. The van der Waals surface area contributed by atoms with Crippen LogP contribution in [0.3, 0.4) is 0 Å². The number of carboxylic acids is 1. The fourth-order valence-electron chi connectivity index (χ4n) is 2.42. The number of rotatable bonds is 4. The fraction of sp³-hybridized carbons (Fsp3) is 0.118. The Hall–Kier alpha value is -3.15. The van der Waals surface area contributed by atoms with Crippen molar-refractivity contribution in [3.05, 3.63) is 53.6 Å². The highest BCUT2D eigenvalue weighted by molar-refractivity contribution is 5.96. The third kappa shape index (κ3) is 2.78. The quantitative estimate of drug-likeness (QED) is 0.616. The number of carboxylic acid groups (broad SMARTS) is 1. The van der Waals surface area contributed by atoms with Crippen LogP contribution >= 0.6 is 0 Å². The Balaban J connectivity index is 1.97. The summed E-state index contributed by atoms with van der Waals surface area (Å²) in [5.41, 5.74) is 3.01. The molecule has 6 nitrogen and oxygen atoms in total. The average molecular weight is 309 g/mol. The third-order valence-electron chi connectivity index (χ3n) is 3.63. The molecule has 3 N–H and O–H groups in total. The van der Waals surface area contributed by atoms with Crippen molar-refractivity contribution in [2.75, 3.05) is 0 Å². The Kier molecular flexibility index (Phi) is 3.80. The molecule has 0 aliphatic carbocycles. The van der Waals surface area contributed by atoms with Gasteiger partial charge in [-0.25, -0.2) is 4.79 Å². The summed E-state index contributed by atoms with van der Waals surface area (Å²) in [6, 6.07) is 11.8. The Bertz CT molecular complexity index is 895. The molecule has 0 amide bonds. The lowest BCUT2D eigenvalue weighted by Gasteiger charge is -1.98. The van der Waals surface area contributed by atoms with Gasteiger partial charge in [0.1, 0.15) is 0 Å². The van der Waals surface area contributed by atoms with E-state index < -0.39 is 5.97 Å². The first kappa shape index (κ1) is 14.8. The maximum absolute atomic E-state index is 10.8. The molecule has 0 aliphatic rings. The average Bonchev–Trinajstić information content (AvgIpc) is 2.88. The Morgan fingerprint density at radius 2 is 1.87 bits per heavy atom. The maximum Gasteiger partial charge on any atom is 0.335 e. The number of aryl methyl sites for hydroxylation is 1. The fourth-order valence-corrected chi connectivity index (χ4v) is 2.42. The smallest absolute Gasteiger partial charge is 0.335 e. The van der Waals surface area contributed by atoms with Crippen LogP contribution in [0.15, 0.2) is 52.7 Å². The van der Waals surface area contributed by atoms with Crippen LogP contribution < -0.4 is 0 Å². The molecule has 23 heavy (non-hydrogen) atoms. The van der Waals surface area contributed by atoms with Gasteiger partial charge in [0.2, 0.25) is 5.88 Å². The molecule has 0 saturated carbocycles. The third-order valence-corrected chi connectivity index (χ3v) is 3.63. The Morgan fingerprint density at radius 1 is 1.13 bits per heavy atom. The normalized spacial score (nSPS) is 11.3. The largest absolute Gasteiger partial charge is 0.493 e. The lowest BCUT2D eigenvalue weighted by atomic mass is 10.1. The minimum atomic E-state index is -0.991. The van der Waals surface area contributed by atoms with Crippen LogP contribution in [-0.2, 0) is 6.42 Å². The van der Waals surface area contributed by atoms with E-state index in [4.69, 9.17) is 5.11 Å². The SMILES string of the molecule is CCc1cccc2c(N=Nc3ccc(C(=O)O)cc3)c(O)[nH]c12. The van der Waals surface area contributed by atoms with E-state index in [1.54, 1.807) is 12.1 Å². The van der Waals surface area contributed by atoms with E-state index in [0.29, 0.717) is 11.4 Å². The van der Waals surface area contributed by atoms with E-state index in [2.05, 4.69) is 15.2 Å². The van der Waals surface area contributed by atoms with Crippen molar-refractivity contribution in [1.29, 1.82) is 0 Å². The minimum Gasteiger partial charge on any atom is -0.493 e. The summed E-state index contributed by atoms with van der Waals surface area (Å²) < 4.78 is 0. The molecule has 0 radical (unpaired) electrons. The highest BCUT2D eigenvalue weighted by atomic mass is 16.4.